The molecule has 0 fully saturated rings. The van der Waals surface area contributed by atoms with Crippen LogP contribution in [0.1, 0.15) is 30.9 Å². The van der Waals surface area contributed by atoms with Crippen molar-refractivity contribution in [1.82, 2.24) is 10.2 Å². The second kappa shape index (κ2) is 14.7. The Morgan fingerprint density at radius 3 is 2.30 bits per heavy atom. The van der Waals surface area contributed by atoms with E-state index in [0.717, 1.165) is 29.0 Å². The highest BCUT2D eigenvalue weighted by molar-refractivity contribution is 7.92. The summed E-state index contributed by atoms with van der Waals surface area (Å²) in [7, 11) is -2.46. The number of methoxy groups -OCH3 is 1. The molecule has 0 aliphatic carbocycles. The van der Waals surface area contributed by atoms with Crippen molar-refractivity contribution in [2.75, 3.05) is 30.8 Å². The Hall–Kier alpha value is -3.56. The third kappa shape index (κ3) is 8.72. The zero-order valence-electron chi connectivity index (χ0n) is 23.0. The van der Waals surface area contributed by atoms with Gasteiger partial charge in [-0.05, 0) is 41.8 Å². The number of amides is 2. The van der Waals surface area contributed by atoms with Crippen molar-refractivity contribution in [2.45, 2.75) is 38.8 Å². The van der Waals surface area contributed by atoms with Gasteiger partial charge in [0.2, 0.25) is 21.8 Å². The summed E-state index contributed by atoms with van der Waals surface area (Å²) in [6.45, 7) is 2.03. The van der Waals surface area contributed by atoms with Crippen LogP contribution in [0.15, 0.2) is 78.9 Å². The number of carbonyl (C=O) groups excluding carboxylic acids is 2. The number of para-hydroxylation sites is 2. The Bertz CT molecular complexity index is 1380. The van der Waals surface area contributed by atoms with Crippen LogP contribution in [-0.4, -0.2) is 57.6 Å². The fourth-order valence-electron chi connectivity index (χ4n) is 4.32. The first-order chi connectivity index (χ1) is 19.1. The number of rotatable bonds is 14. The average Bonchev–Trinajstić information content (AvgIpc) is 2.93. The lowest BCUT2D eigenvalue weighted by molar-refractivity contribution is -0.140. The van der Waals surface area contributed by atoms with E-state index in [9.17, 15) is 18.0 Å². The summed E-state index contributed by atoms with van der Waals surface area (Å²) in [6, 6.07) is 22.1. The standard InChI is InChI=1S/C30H36ClN3O5S/c1-4-5-18-32-30(36)27(20-23-12-7-6-8-13-23)33(21-24-14-11-15-25(31)19-24)29(35)22-34(40(3,37)38)26-16-9-10-17-28(26)39-2/h6-17,19,27H,4-5,18,20-22H2,1-3H3,(H,32,36). The van der Waals surface area contributed by atoms with Crippen LogP contribution in [0.4, 0.5) is 5.69 Å². The van der Waals surface area contributed by atoms with E-state index in [-0.39, 0.29) is 24.6 Å². The van der Waals surface area contributed by atoms with Crippen molar-refractivity contribution in [1.29, 1.82) is 0 Å². The molecular formula is C30H36ClN3O5S. The van der Waals surface area contributed by atoms with Crippen molar-refractivity contribution in [2.24, 2.45) is 0 Å². The minimum atomic E-state index is -3.90. The number of unbranched alkanes of at least 4 members (excludes halogenated alkanes) is 1. The number of halogens is 1. The van der Waals surface area contributed by atoms with E-state index >= 15 is 0 Å². The van der Waals surface area contributed by atoms with Crippen molar-refractivity contribution >= 4 is 39.1 Å². The molecule has 1 N–H and O–H groups in total. The minimum absolute atomic E-state index is 0.0572. The summed E-state index contributed by atoms with van der Waals surface area (Å²) in [4.78, 5) is 29.1. The molecule has 0 heterocycles. The zero-order chi connectivity index (χ0) is 29.1. The van der Waals surface area contributed by atoms with Gasteiger partial charge in [-0.3, -0.25) is 13.9 Å². The molecule has 2 amide bonds. The van der Waals surface area contributed by atoms with Crippen LogP contribution in [-0.2, 0) is 32.6 Å². The van der Waals surface area contributed by atoms with Crippen molar-refractivity contribution in [3.63, 3.8) is 0 Å². The van der Waals surface area contributed by atoms with E-state index in [2.05, 4.69) is 5.32 Å². The highest BCUT2D eigenvalue weighted by Gasteiger charge is 2.33. The zero-order valence-corrected chi connectivity index (χ0v) is 24.6. The molecule has 10 heteroatoms. The van der Waals surface area contributed by atoms with E-state index < -0.39 is 28.5 Å². The Balaban J connectivity index is 2.05. The second-order valence-corrected chi connectivity index (χ2v) is 11.8. The highest BCUT2D eigenvalue weighted by atomic mass is 35.5. The maximum atomic E-state index is 14.1. The fraction of sp³-hybridized carbons (Fsp3) is 0.333. The summed E-state index contributed by atoms with van der Waals surface area (Å²) in [5.74, 6) is -0.543. The molecule has 0 bridgehead atoms. The largest absolute Gasteiger partial charge is 0.495 e. The lowest BCUT2D eigenvalue weighted by atomic mass is 10.0. The second-order valence-electron chi connectivity index (χ2n) is 9.44. The molecule has 214 valence electrons. The van der Waals surface area contributed by atoms with Crippen molar-refractivity contribution < 1.29 is 22.7 Å². The molecule has 1 unspecified atom stereocenters. The van der Waals surface area contributed by atoms with E-state index in [1.807, 2.05) is 43.3 Å². The first kappa shape index (κ1) is 31.0. The van der Waals surface area contributed by atoms with E-state index in [1.54, 1.807) is 42.5 Å². The maximum absolute atomic E-state index is 14.1. The van der Waals surface area contributed by atoms with Gasteiger partial charge in [-0.15, -0.1) is 0 Å². The smallest absolute Gasteiger partial charge is 0.244 e. The number of carbonyl (C=O) groups is 2. The summed E-state index contributed by atoms with van der Waals surface area (Å²) in [5.41, 5.74) is 1.81. The minimum Gasteiger partial charge on any atom is -0.495 e. The molecule has 3 aromatic carbocycles. The molecule has 0 saturated carbocycles. The lowest BCUT2D eigenvalue weighted by Gasteiger charge is -2.33. The third-order valence-electron chi connectivity index (χ3n) is 6.38. The molecule has 1 atom stereocenters. The van der Waals surface area contributed by atoms with E-state index in [4.69, 9.17) is 16.3 Å². The Morgan fingerprint density at radius 2 is 1.65 bits per heavy atom. The Morgan fingerprint density at radius 1 is 0.975 bits per heavy atom. The lowest BCUT2D eigenvalue weighted by Crippen LogP contribution is -2.53. The molecule has 0 aliphatic heterocycles. The summed E-state index contributed by atoms with van der Waals surface area (Å²) >= 11 is 6.24. The van der Waals surface area contributed by atoms with E-state index in [0.29, 0.717) is 22.9 Å². The van der Waals surface area contributed by atoms with Crippen LogP contribution >= 0.6 is 11.6 Å². The van der Waals surface area contributed by atoms with Gasteiger partial charge in [-0.2, -0.15) is 0 Å². The molecule has 3 aromatic rings. The van der Waals surface area contributed by atoms with Gasteiger partial charge in [0.05, 0.1) is 19.1 Å². The molecule has 0 aromatic heterocycles. The quantitative estimate of drug-likeness (QED) is 0.277. The fourth-order valence-corrected chi connectivity index (χ4v) is 5.39. The van der Waals surface area contributed by atoms with Gasteiger partial charge in [-0.25, -0.2) is 8.42 Å². The average molecular weight is 586 g/mol. The van der Waals surface area contributed by atoms with Crippen molar-refractivity contribution in [3.05, 3.63) is 95.0 Å². The molecule has 0 saturated heterocycles. The van der Waals surface area contributed by atoms with Crippen LogP contribution in [0.3, 0.4) is 0 Å². The summed E-state index contributed by atoms with van der Waals surface area (Å²) < 4.78 is 32.3. The van der Waals surface area contributed by atoms with E-state index in [1.165, 1.54) is 12.0 Å². The number of ether oxygens (including phenoxy) is 1. The Kier molecular flexibility index (Phi) is 11.4. The molecule has 40 heavy (non-hydrogen) atoms. The summed E-state index contributed by atoms with van der Waals surface area (Å²) in [6.07, 6.45) is 2.98. The molecular weight excluding hydrogens is 550 g/mol. The number of nitrogens with one attached hydrogen (secondary N) is 1. The molecule has 3 rings (SSSR count). The number of sulfonamides is 1. The number of nitrogens with zero attached hydrogens (tertiary/aromatic N) is 2. The SMILES string of the molecule is CCCCNC(=O)C(Cc1ccccc1)N(Cc1cccc(Cl)c1)C(=O)CN(c1ccccc1OC)S(C)(=O)=O. The summed E-state index contributed by atoms with van der Waals surface area (Å²) in [5, 5.41) is 3.45. The predicted molar refractivity (Wildman–Crippen MR) is 159 cm³/mol. The normalized spacial score (nSPS) is 11.9. The van der Waals surface area contributed by atoms with Crippen LogP contribution in [0.25, 0.3) is 0 Å². The van der Waals surface area contributed by atoms with Gasteiger partial charge in [0.25, 0.3) is 0 Å². The van der Waals surface area contributed by atoms with Crippen LogP contribution in [0.5, 0.6) is 5.75 Å². The van der Waals surface area contributed by atoms with Crippen LogP contribution in [0.2, 0.25) is 5.02 Å². The van der Waals surface area contributed by atoms with Gasteiger partial charge in [0, 0.05) is 24.5 Å². The van der Waals surface area contributed by atoms with Crippen LogP contribution in [0, 0.1) is 0 Å². The Labute approximate surface area is 241 Å². The highest BCUT2D eigenvalue weighted by Crippen LogP contribution is 2.30. The molecule has 0 spiro atoms. The third-order valence-corrected chi connectivity index (χ3v) is 7.74. The van der Waals surface area contributed by atoms with Gasteiger partial charge in [0.15, 0.2) is 0 Å². The van der Waals surface area contributed by atoms with Crippen LogP contribution < -0.4 is 14.4 Å². The van der Waals surface area contributed by atoms with Crippen molar-refractivity contribution in [3.8, 4) is 5.75 Å². The first-order valence-electron chi connectivity index (χ1n) is 13.1. The predicted octanol–water partition coefficient (Wildman–Crippen LogP) is 4.67. The molecule has 0 radical (unpaired) electrons. The topological polar surface area (TPSA) is 96.0 Å². The van der Waals surface area contributed by atoms with Gasteiger partial charge in [-0.1, -0.05) is 79.5 Å². The number of hydrogen-bond acceptors (Lipinski definition) is 5. The number of benzene rings is 3. The molecule has 0 aliphatic rings. The van der Waals surface area contributed by atoms with Gasteiger partial charge >= 0.3 is 0 Å². The van der Waals surface area contributed by atoms with Gasteiger partial charge < -0.3 is 15.0 Å². The maximum Gasteiger partial charge on any atom is 0.244 e. The monoisotopic (exact) mass is 585 g/mol. The first-order valence-corrected chi connectivity index (χ1v) is 15.3. The number of hydrogen-bond donors (Lipinski definition) is 1. The van der Waals surface area contributed by atoms with Gasteiger partial charge in [0.1, 0.15) is 18.3 Å². The molecule has 8 nitrogen and oxygen atoms in total. The number of anilines is 1.